The first kappa shape index (κ1) is 20.1. The summed E-state index contributed by atoms with van der Waals surface area (Å²) in [5.74, 6) is -0.848. The van der Waals surface area contributed by atoms with Crippen LogP contribution in [0, 0.1) is 5.82 Å². The summed E-state index contributed by atoms with van der Waals surface area (Å²) < 4.78 is 40.5. The minimum Gasteiger partial charge on any atom is -0.323 e. The topological polar surface area (TPSA) is 75.3 Å². The molecule has 2 aromatic carbocycles. The molecule has 0 aliphatic carbocycles. The van der Waals surface area contributed by atoms with Gasteiger partial charge in [0.25, 0.3) is 10.0 Å². The van der Waals surface area contributed by atoms with E-state index in [0.717, 1.165) is 17.0 Å². The summed E-state index contributed by atoms with van der Waals surface area (Å²) in [6.07, 6.45) is 3.03. The van der Waals surface area contributed by atoms with Crippen LogP contribution in [0.4, 0.5) is 15.8 Å². The molecular weight excluding hydrogens is 423 g/mol. The molecule has 0 bridgehead atoms. The van der Waals surface area contributed by atoms with Crippen LogP contribution in [0.25, 0.3) is 6.08 Å². The summed E-state index contributed by atoms with van der Waals surface area (Å²) in [7, 11) is -3.83. The van der Waals surface area contributed by atoms with Crippen molar-refractivity contribution in [3.8, 4) is 0 Å². The zero-order valence-corrected chi connectivity index (χ0v) is 16.6. The van der Waals surface area contributed by atoms with Crippen LogP contribution in [-0.4, -0.2) is 14.3 Å². The summed E-state index contributed by atoms with van der Waals surface area (Å²) >= 11 is 7.19. The van der Waals surface area contributed by atoms with Gasteiger partial charge < -0.3 is 5.32 Å². The van der Waals surface area contributed by atoms with Crippen molar-refractivity contribution in [2.75, 3.05) is 10.0 Å². The standard InChI is InChI=1S/C19H14ClFN2O3S2/c20-18-11-7-16(27-18)8-12-19(24)22-14-3-5-15(6-4-14)23-28(25,26)17-9-1-13(21)2-10-17/h1-12,23H,(H,22,24)/b12-8+. The normalized spacial score (nSPS) is 11.5. The minimum absolute atomic E-state index is 0.0508. The number of halogens is 2. The van der Waals surface area contributed by atoms with E-state index in [-0.39, 0.29) is 10.8 Å². The van der Waals surface area contributed by atoms with E-state index < -0.39 is 15.8 Å². The van der Waals surface area contributed by atoms with Crippen LogP contribution in [0.1, 0.15) is 4.88 Å². The van der Waals surface area contributed by atoms with Crippen molar-refractivity contribution in [3.63, 3.8) is 0 Å². The Morgan fingerprint density at radius 2 is 1.61 bits per heavy atom. The molecule has 0 unspecified atom stereocenters. The van der Waals surface area contributed by atoms with Crippen molar-refractivity contribution >= 4 is 56.3 Å². The van der Waals surface area contributed by atoms with Gasteiger partial charge in [-0.1, -0.05) is 11.6 Å². The molecule has 0 radical (unpaired) electrons. The maximum Gasteiger partial charge on any atom is 0.261 e. The number of amides is 1. The number of sulfonamides is 1. The predicted molar refractivity (Wildman–Crippen MR) is 111 cm³/mol. The van der Waals surface area contributed by atoms with Gasteiger partial charge in [-0.25, -0.2) is 12.8 Å². The maximum atomic E-state index is 12.9. The van der Waals surface area contributed by atoms with Gasteiger partial charge in [0.2, 0.25) is 5.91 Å². The molecule has 0 spiro atoms. The third-order valence-corrected chi connectivity index (χ3v) is 6.12. The quantitative estimate of drug-likeness (QED) is 0.534. The Hall–Kier alpha value is -2.68. The van der Waals surface area contributed by atoms with Crippen molar-refractivity contribution in [2.45, 2.75) is 4.90 Å². The molecule has 0 fully saturated rings. The second-order valence-corrected chi connectivity index (χ2v) is 9.03. The highest BCUT2D eigenvalue weighted by atomic mass is 35.5. The van der Waals surface area contributed by atoms with E-state index in [0.29, 0.717) is 15.7 Å². The van der Waals surface area contributed by atoms with E-state index in [4.69, 9.17) is 11.6 Å². The van der Waals surface area contributed by atoms with Gasteiger partial charge in [0, 0.05) is 22.3 Å². The first-order chi connectivity index (χ1) is 13.3. The van der Waals surface area contributed by atoms with Gasteiger partial charge in [0.15, 0.2) is 0 Å². The Labute approximate surface area is 170 Å². The van der Waals surface area contributed by atoms with Gasteiger partial charge in [0.1, 0.15) is 5.82 Å². The van der Waals surface area contributed by atoms with Crippen LogP contribution in [0.5, 0.6) is 0 Å². The lowest BCUT2D eigenvalue weighted by atomic mass is 10.3. The lowest BCUT2D eigenvalue weighted by molar-refractivity contribution is -0.111. The van der Waals surface area contributed by atoms with Crippen LogP contribution in [0.15, 0.2) is 71.6 Å². The molecule has 0 aliphatic heterocycles. The Bertz CT molecular complexity index is 1110. The van der Waals surface area contributed by atoms with E-state index in [9.17, 15) is 17.6 Å². The summed E-state index contributed by atoms with van der Waals surface area (Å²) in [6, 6.07) is 14.2. The fraction of sp³-hybridized carbons (Fsp3) is 0. The van der Waals surface area contributed by atoms with E-state index in [1.807, 2.05) is 0 Å². The third kappa shape index (κ3) is 5.41. The summed E-state index contributed by atoms with van der Waals surface area (Å²) in [4.78, 5) is 12.8. The maximum absolute atomic E-state index is 12.9. The minimum atomic E-state index is -3.83. The average molecular weight is 437 g/mol. The van der Waals surface area contributed by atoms with Crippen molar-refractivity contribution in [3.05, 3.63) is 81.8 Å². The smallest absolute Gasteiger partial charge is 0.261 e. The summed E-state index contributed by atoms with van der Waals surface area (Å²) in [5.41, 5.74) is 0.815. The van der Waals surface area contributed by atoms with Gasteiger partial charge in [0.05, 0.1) is 9.23 Å². The van der Waals surface area contributed by atoms with Crippen molar-refractivity contribution in [1.82, 2.24) is 0 Å². The number of carbonyl (C=O) groups is 1. The molecule has 3 aromatic rings. The van der Waals surface area contributed by atoms with Crippen molar-refractivity contribution in [2.24, 2.45) is 0 Å². The van der Waals surface area contributed by atoms with Crippen LogP contribution >= 0.6 is 22.9 Å². The van der Waals surface area contributed by atoms with Crippen LogP contribution < -0.4 is 10.0 Å². The van der Waals surface area contributed by atoms with E-state index in [1.54, 1.807) is 30.3 Å². The van der Waals surface area contributed by atoms with E-state index >= 15 is 0 Å². The molecule has 2 N–H and O–H groups in total. The number of rotatable bonds is 6. The molecule has 0 saturated heterocycles. The number of thiophene rings is 1. The molecule has 0 atom stereocenters. The zero-order chi connectivity index (χ0) is 20.1. The number of benzene rings is 2. The van der Waals surface area contributed by atoms with Crippen molar-refractivity contribution in [1.29, 1.82) is 0 Å². The van der Waals surface area contributed by atoms with Crippen LogP contribution in [0.3, 0.4) is 0 Å². The Morgan fingerprint density at radius 1 is 0.964 bits per heavy atom. The molecule has 0 aliphatic rings. The number of hydrogen-bond donors (Lipinski definition) is 2. The monoisotopic (exact) mass is 436 g/mol. The first-order valence-electron chi connectivity index (χ1n) is 7.95. The van der Waals surface area contributed by atoms with Gasteiger partial charge in [-0.15, -0.1) is 11.3 Å². The number of anilines is 2. The Morgan fingerprint density at radius 3 is 2.21 bits per heavy atom. The van der Waals surface area contributed by atoms with E-state index in [2.05, 4.69) is 10.0 Å². The Balaban J connectivity index is 1.62. The fourth-order valence-corrected chi connectivity index (χ4v) is 4.23. The van der Waals surface area contributed by atoms with Gasteiger partial charge >= 0.3 is 0 Å². The molecule has 28 heavy (non-hydrogen) atoms. The average Bonchev–Trinajstić information content (AvgIpc) is 3.07. The fourth-order valence-electron chi connectivity index (χ4n) is 2.21. The van der Waals surface area contributed by atoms with Gasteiger partial charge in [-0.3, -0.25) is 9.52 Å². The van der Waals surface area contributed by atoms with Crippen molar-refractivity contribution < 1.29 is 17.6 Å². The highest BCUT2D eigenvalue weighted by Gasteiger charge is 2.14. The van der Waals surface area contributed by atoms with Crippen LogP contribution in [-0.2, 0) is 14.8 Å². The SMILES string of the molecule is O=C(/C=C/c1ccc(Cl)s1)Nc1ccc(NS(=O)(=O)c2ccc(F)cc2)cc1. The second kappa shape index (κ2) is 8.55. The lowest BCUT2D eigenvalue weighted by Crippen LogP contribution is -2.13. The molecule has 1 amide bonds. The van der Waals surface area contributed by atoms with Crippen LogP contribution in [0.2, 0.25) is 4.34 Å². The van der Waals surface area contributed by atoms with E-state index in [1.165, 1.54) is 41.7 Å². The summed E-state index contributed by atoms with van der Waals surface area (Å²) in [5, 5.41) is 2.67. The van der Waals surface area contributed by atoms with Gasteiger partial charge in [-0.05, 0) is 66.7 Å². The first-order valence-corrected chi connectivity index (χ1v) is 10.6. The molecular formula is C19H14ClFN2O3S2. The molecule has 1 heterocycles. The highest BCUT2D eigenvalue weighted by molar-refractivity contribution is 7.92. The largest absolute Gasteiger partial charge is 0.323 e. The zero-order valence-electron chi connectivity index (χ0n) is 14.2. The number of nitrogens with one attached hydrogen (secondary N) is 2. The number of carbonyl (C=O) groups excluding carboxylic acids is 1. The van der Waals surface area contributed by atoms with Gasteiger partial charge in [-0.2, -0.15) is 0 Å². The Kier molecular flexibility index (Phi) is 6.13. The predicted octanol–water partition coefficient (Wildman–Crippen LogP) is 4.99. The molecule has 144 valence electrons. The molecule has 5 nitrogen and oxygen atoms in total. The summed E-state index contributed by atoms with van der Waals surface area (Å²) in [6.45, 7) is 0. The lowest BCUT2D eigenvalue weighted by Gasteiger charge is -2.09. The molecule has 3 rings (SSSR count). The molecule has 0 saturated carbocycles. The third-order valence-electron chi connectivity index (χ3n) is 3.52. The highest BCUT2D eigenvalue weighted by Crippen LogP contribution is 2.22. The second-order valence-electron chi connectivity index (χ2n) is 5.60. The molecule has 9 heteroatoms. The number of hydrogen-bond acceptors (Lipinski definition) is 4. The molecule has 1 aromatic heterocycles.